The summed E-state index contributed by atoms with van der Waals surface area (Å²) in [5, 5.41) is 0. The van der Waals surface area contributed by atoms with Crippen molar-refractivity contribution >= 4 is 23.8 Å². The van der Waals surface area contributed by atoms with Crippen LogP contribution in [0, 0.1) is 0 Å². The van der Waals surface area contributed by atoms with Crippen LogP contribution < -0.4 is 0 Å². The van der Waals surface area contributed by atoms with Crippen molar-refractivity contribution < 1.29 is 9.47 Å². The second-order valence-electron chi connectivity index (χ2n) is 3.37. The van der Waals surface area contributed by atoms with Crippen LogP contribution in [-0.4, -0.2) is 57.1 Å². The molecule has 1 atom stereocenters. The van der Waals surface area contributed by atoms with E-state index in [-0.39, 0.29) is 0 Å². The van der Waals surface area contributed by atoms with Crippen molar-refractivity contribution in [3.8, 4) is 0 Å². The van der Waals surface area contributed by atoms with Crippen LogP contribution in [0.3, 0.4) is 0 Å². The second kappa shape index (κ2) is 9.01. The Balaban J connectivity index is 4.39. The van der Waals surface area contributed by atoms with E-state index in [1.54, 1.807) is 11.2 Å². The number of aliphatic imine (C=N–C) groups is 2. The first-order valence-corrected chi connectivity index (χ1v) is 5.68. The summed E-state index contributed by atoms with van der Waals surface area (Å²) in [7, 11) is 5.24. The minimum Gasteiger partial charge on any atom is -0.480 e. The lowest BCUT2D eigenvalue weighted by Crippen LogP contribution is -2.13. The molecule has 0 saturated heterocycles. The van der Waals surface area contributed by atoms with Crippen LogP contribution >= 0.6 is 11.6 Å². The molecule has 0 aromatic carbocycles. The topological polar surface area (TPSA) is 46.4 Å². The fourth-order valence-electron chi connectivity index (χ4n) is 0.902. The highest BCUT2D eigenvalue weighted by Gasteiger charge is 2.06. The van der Waals surface area contributed by atoms with Crippen LogP contribution in [0.4, 0.5) is 0 Å². The molecule has 0 aromatic rings. The van der Waals surface area contributed by atoms with Gasteiger partial charge in [0.15, 0.2) is 5.56 Å². The van der Waals surface area contributed by atoms with Gasteiger partial charge in [-0.15, -0.1) is 0 Å². The molecule has 0 radical (unpaired) electrons. The molecule has 17 heavy (non-hydrogen) atoms. The van der Waals surface area contributed by atoms with Crippen molar-refractivity contribution in [2.75, 3.05) is 34.4 Å². The third-order valence-corrected chi connectivity index (χ3v) is 1.87. The van der Waals surface area contributed by atoms with Crippen molar-refractivity contribution in [1.82, 2.24) is 4.90 Å². The quantitative estimate of drug-likeness (QED) is 0.398. The Labute approximate surface area is 108 Å². The molecular formula is C11H20ClN3O2. The predicted octanol–water partition coefficient (Wildman–Crippen LogP) is 1.74. The molecule has 0 aliphatic heterocycles. The van der Waals surface area contributed by atoms with E-state index in [2.05, 4.69) is 16.6 Å². The van der Waals surface area contributed by atoms with Gasteiger partial charge in [-0.2, -0.15) is 0 Å². The van der Waals surface area contributed by atoms with Crippen molar-refractivity contribution in [3.05, 3.63) is 12.3 Å². The Kier molecular flexibility index (Phi) is 8.44. The molecule has 0 bridgehead atoms. The second-order valence-corrected chi connectivity index (χ2v) is 3.86. The van der Waals surface area contributed by atoms with Crippen LogP contribution in [0.2, 0.25) is 0 Å². The lowest BCUT2D eigenvalue weighted by Gasteiger charge is -2.09. The molecule has 6 heteroatoms. The molecule has 0 heterocycles. The van der Waals surface area contributed by atoms with E-state index >= 15 is 0 Å². The van der Waals surface area contributed by atoms with Crippen LogP contribution in [0.25, 0.3) is 0 Å². The Hall–Kier alpha value is -1.07. The van der Waals surface area contributed by atoms with E-state index in [1.807, 2.05) is 21.0 Å². The van der Waals surface area contributed by atoms with Crippen LogP contribution in [-0.2, 0) is 9.47 Å². The van der Waals surface area contributed by atoms with Gasteiger partial charge in [0.2, 0.25) is 5.90 Å². The van der Waals surface area contributed by atoms with Gasteiger partial charge in [-0.25, -0.2) is 9.98 Å². The monoisotopic (exact) mass is 261 g/mol. The standard InChI is InChI=1S/C11H20ClN3O2/c1-6-17-10(12)7-13-11(16-5)9(2)14-8-15(3)4/h8,10H,2,6-7H2,1,3-5H3. The highest BCUT2D eigenvalue weighted by molar-refractivity contribution is 6.20. The zero-order chi connectivity index (χ0) is 13.3. The molecule has 0 rings (SSSR count). The largest absolute Gasteiger partial charge is 0.480 e. The lowest BCUT2D eigenvalue weighted by molar-refractivity contribution is 0.125. The summed E-state index contributed by atoms with van der Waals surface area (Å²) in [6.45, 7) is 6.48. The maximum Gasteiger partial charge on any atom is 0.234 e. The van der Waals surface area contributed by atoms with Crippen molar-refractivity contribution in [3.63, 3.8) is 0 Å². The molecular weight excluding hydrogens is 242 g/mol. The number of hydrogen-bond acceptors (Lipinski definition) is 4. The first kappa shape index (κ1) is 15.9. The van der Waals surface area contributed by atoms with Gasteiger partial charge < -0.3 is 14.4 Å². The summed E-state index contributed by atoms with van der Waals surface area (Å²) < 4.78 is 10.2. The Morgan fingerprint density at radius 2 is 2.18 bits per heavy atom. The minimum atomic E-state index is -0.462. The van der Waals surface area contributed by atoms with Gasteiger partial charge in [0, 0.05) is 20.7 Å². The number of rotatable bonds is 7. The van der Waals surface area contributed by atoms with Gasteiger partial charge in [-0.3, -0.25) is 0 Å². The molecule has 0 aliphatic rings. The molecule has 0 N–H and O–H groups in total. The minimum absolute atomic E-state index is 0.301. The summed E-state index contributed by atoms with van der Waals surface area (Å²) in [6, 6.07) is 0. The average Bonchev–Trinajstić information content (AvgIpc) is 2.27. The van der Waals surface area contributed by atoms with E-state index in [0.29, 0.717) is 24.7 Å². The van der Waals surface area contributed by atoms with Gasteiger partial charge in [0.25, 0.3) is 0 Å². The fourth-order valence-corrected chi connectivity index (χ4v) is 1.10. The van der Waals surface area contributed by atoms with Gasteiger partial charge in [-0.1, -0.05) is 18.2 Å². The Morgan fingerprint density at radius 3 is 2.65 bits per heavy atom. The summed E-state index contributed by atoms with van der Waals surface area (Å²) >= 11 is 5.85. The van der Waals surface area contributed by atoms with Gasteiger partial charge >= 0.3 is 0 Å². The molecule has 1 unspecified atom stereocenters. The summed E-state index contributed by atoms with van der Waals surface area (Å²) in [5.41, 5.74) is -0.0163. The van der Waals surface area contributed by atoms with Crippen LogP contribution in [0.5, 0.6) is 0 Å². The summed E-state index contributed by atoms with van der Waals surface area (Å²) in [4.78, 5) is 10.0. The maximum absolute atomic E-state index is 5.85. The Bertz CT molecular complexity index is 290. The zero-order valence-corrected chi connectivity index (χ0v) is 11.6. The number of methoxy groups -OCH3 is 1. The number of hydrogen-bond donors (Lipinski definition) is 0. The molecule has 5 nitrogen and oxygen atoms in total. The van der Waals surface area contributed by atoms with Gasteiger partial charge in [0.05, 0.1) is 20.0 Å². The Morgan fingerprint density at radius 1 is 1.53 bits per heavy atom. The van der Waals surface area contributed by atoms with Crippen LogP contribution in [0.1, 0.15) is 6.92 Å². The smallest absolute Gasteiger partial charge is 0.234 e. The number of halogens is 1. The van der Waals surface area contributed by atoms with Gasteiger partial charge in [0.1, 0.15) is 5.70 Å². The molecule has 98 valence electrons. The van der Waals surface area contributed by atoms with E-state index in [4.69, 9.17) is 21.1 Å². The molecule has 0 aromatic heterocycles. The summed E-state index contributed by atoms with van der Waals surface area (Å²) in [5.74, 6) is 0.355. The molecule has 0 aliphatic carbocycles. The number of alkyl halides is 1. The molecule has 0 amide bonds. The first-order chi connectivity index (χ1) is 8.01. The van der Waals surface area contributed by atoms with E-state index in [0.717, 1.165) is 0 Å². The highest BCUT2D eigenvalue weighted by Crippen LogP contribution is 2.03. The number of nitrogens with zero attached hydrogens (tertiary/aromatic N) is 3. The number of ether oxygens (including phenoxy) is 2. The predicted molar refractivity (Wildman–Crippen MR) is 71.9 cm³/mol. The molecule has 0 spiro atoms. The normalized spacial score (nSPS) is 13.8. The average molecular weight is 262 g/mol. The zero-order valence-electron chi connectivity index (χ0n) is 10.8. The lowest BCUT2D eigenvalue weighted by atomic mass is 10.5. The maximum atomic E-state index is 5.85. The third-order valence-electron chi connectivity index (χ3n) is 1.61. The SMILES string of the molecule is C=C(N=CN(C)C)C(=NCC(Cl)OCC)OC. The first-order valence-electron chi connectivity index (χ1n) is 5.25. The van der Waals surface area contributed by atoms with Gasteiger partial charge in [-0.05, 0) is 6.92 Å². The highest BCUT2D eigenvalue weighted by atomic mass is 35.5. The third kappa shape index (κ3) is 7.76. The van der Waals surface area contributed by atoms with Crippen LogP contribution in [0.15, 0.2) is 22.3 Å². The van der Waals surface area contributed by atoms with E-state index in [9.17, 15) is 0 Å². The van der Waals surface area contributed by atoms with Crippen molar-refractivity contribution in [2.24, 2.45) is 9.98 Å². The molecule has 0 fully saturated rings. The van der Waals surface area contributed by atoms with Crippen molar-refractivity contribution in [2.45, 2.75) is 12.5 Å². The van der Waals surface area contributed by atoms with E-state index in [1.165, 1.54) is 7.11 Å². The fraction of sp³-hybridized carbons (Fsp3) is 0.636. The molecule has 0 saturated carbocycles. The summed E-state index contributed by atoms with van der Waals surface area (Å²) in [6.07, 6.45) is 1.62. The van der Waals surface area contributed by atoms with Crippen molar-refractivity contribution in [1.29, 1.82) is 0 Å². The van der Waals surface area contributed by atoms with E-state index < -0.39 is 5.56 Å².